The number of carbonyl (C=O) groups is 2. The Labute approximate surface area is 93.5 Å². The Bertz CT molecular complexity index is 404. The topological polar surface area (TPSA) is 79.3 Å². The van der Waals surface area contributed by atoms with Gasteiger partial charge in [0.25, 0.3) is 5.91 Å². The molecule has 86 valence electrons. The fraction of sp³-hybridized carbons (Fsp3) is 0.364. The van der Waals surface area contributed by atoms with Crippen LogP contribution in [-0.2, 0) is 11.2 Å². The maximum atomic E-state index is 11.7. The molecule has 1 aromatic heterocycles. The van der Waals surface area contributed by atoms with Gasteiger partial charge in [-0.05, 0) is 25.0 Å². The molecule has 16 heavy (non-hydrogen) atoms. The quantitative estimate of drug-likeness (QED) is 0.791. The third-order valence-electron chi connectivity index (χ3n) is 2.25. The number of aryl methyl sites for hydroxylation is 1. The second kappa shape index (κ2) is 5.25. The number of amides is 1. The summed E-state index contributed by atoms with van der Waals surface area (Å²) in [6.45, 7) is 3.33. The van der Waals surface area contributed by atoms with Crippen LogP contribution < -0.4 is 5.32 Å². The number of hydrogen-bond acceptors (Lipinski definition) is 3. The second-order valence-corrected chi connectivity index (χ2v) is 3.42. The zero-order chi connectivity index (χ0) is 12.1. The Morgan fingerprint density at radius 1 is 1.56 bits per heavy atom. The maximum Gasteiger partial charge on any atom is 0.325 e. The van der Waals surface area contributed by atoms with Crippen LogP contribution in [0, 0.1) is 0 Å². The van der Waals surface area contributed by atoms with Crippen molar-refractivity contribution < 1.29 is 14.7 Å². The normalized spacial score (nSPS) is 11.9. The number of rotatable bonds is 4. The maximum absolute atomic E-state index is 11.7. The molecule has 1 atom stereocenters. The van der Waals surface area contributed by atoms with E-state index >= 15 is 0 Å². The van der Waals surface area contributed by atoms with Crippen molar-refractivity contribution in [1.82, 2.24) is 10.3 Å². The highest BCUT2D eigenvalue weighted by molar-refractivity contribution is 5.97. The Hall–Kier alpha value is -1.91. The van der Waals surface area contributed by atoms with E-state index in [1.807, 2.05) is 6.92 Å². The van der Waals surface area contributed by atoms with Crippen molar-refractivity contribution in [3.63, 3.8) is 0 Å². The molecule has 1 amide bonds. The highest BCUT2D eigenvalue weighted by Crippen LogP contribution is 2.07. The molecule has 5 nitrogen and oxygen atoms in total. The number of nitrogens with zero attached hydrogens (tertiary/aromatic N) is 1. The Kier molecular flexibility index (Phi) is 3.99. The summed E-state index contributed by atoms with van der Waals surface area (Å²) < 4.78 is 0. The number of aromatic nitrogens is 1. The molecule has 5 heteroatoms. The summed E-state index contributed by atoms with van der Waals surface area (Å²) in [4.78, 5) is 26.2. The molecule has 0 radical (unpaired) electrons. The Morgan fingerprint density at radius 2 is 2.25 bits per heavy atom. The first-order valence-electron chi connectivity index (χ1n) is 5.02. The van der Waals surface area contributed by atoms with E-state index in [1.165, 1.54) is 13.1 Å². The fourth-order valence-corrected chi connectivity index (χ4v) is 1.27. The van der Waals surface area contributed by atoms with Crippen molar-refractivity contribution in [3.8, 4) is 0 Å². The molecule has 1 aromatic rings. The SMILES string of the molecule is CCc1cnccc1C(=O)N[C@H](C)C(=O)O. The first-order chi connectivity index (χ1) is 7.56. The first kappa shape index (κ1) is 12.2. The number of nitrogens with one attached hydrogen (secondary N) is 1. The molecule has 2 N–H and O–H groups in total. The van der Waals surface area contributed by atoms with Crippen LogP contribution in [0.2, 0.25) is 0 Å². The molecule has 0 spiro atoms. The van der Waals surface area contributed by atoms with Crippen LogP contribution in [0.15, 0.2) is 18.5 Å². The average Bonchev–Trinajstić information content (AvgIpc) is 2.28. The largest absolute Gasteiger partial charge is 0.480 e. The molecular formula is C11H14N2O3. The highest BCUT2D eigenvalue weighted by Gasteiger charge is 2.16. The summed E-state index contributed by atoms with van der Waals surface area (Å²) in [5.74, 6) is -1.44. The van der Waals surface area contributed by atoms with Crippen molar-refractivity contribution >= 4 is 11.9 Å². The summed E-state index contributed by atoms with van der Waals surface area (Å²) in [6.07, 6.45) is 3.80. The van der Waals surface area contributed by atoms with Crippen LogP contribution in [0.1, 0.15) is 29.8 Å². The molecule has 0 saturated carbocycles. The van der Waals surface area contributed by atoms with Crippen molar-refractivity contribution in [2.45, 2.75) is 26.3 Å². The van der Waals surface area contributed by atoms with E-state index in [1.54, 1.807) is 12.3 Å². The summed E-state index contributed by atoms with van der Waals surface area (Å²) in [5.41, 5.74) is 1.28. The van der Waals surface area contributed by atoms with Crippen molar-refractivity contribution in [2.75, 3.05) is 0 Å². The number of pyridine rings is 1. The summed E-state index contributed by atoms with van der Waals surface area (Å²) in [7, 11) is 0. The second-order valence-electron chi connectivity index (χ2n) is 3.42. The van der Waals surface area contributed by atoms with Crippen molar-refractivity contribution in [3.05, 3.63) is 29.6 Å². The van der Waals surface area contributed by atoms with Crippen molar-refractivity contribution in [2.24, 2.45) is 0 Å². The summed E-state index contributed by atoms with van der Waals surface area (Å²) >= 11 is 0. The van der Waals surface area contributed by atoms with Crippen LogP contribution in [-0.4, -0.2) is 28.0 Å². The zero-order valence-corrected chi connectivity index (χ0v) is 9.23. The molecule has 0 bridgehead atoms. The fourth-order valence-electron chi connectivity index (χ4n) is 1.27. The minimum atomic E-state index is -1.06. The van der Waals surface area contributed by atoms with Gasteiger partial charge in [-0.2, -0.15) is 0 Å². The van der Waals surface area contributed by atoms with E-state index in [0.29, 0.717) is 12.0 Å². The molecule has 0 aliphatic rings. The number of aliphatic carboxylic acids is 1. The number of carbonyl (C=O) groups excluding carboxylic acids is 1. The number of hydrogen-bond donors (Lipinski definition) is 2. The summed E-state index contributed by atoms with van der Waals surface area (Å²) in [5, 5.41) is 11.1. The van der Waals surface area contributed by atoms with E-state index in [9.17, 15) is 9.59 Å². The third kappa shape index (κ3) is 2.79. The van der Waals surface area contributed by atoms with Gasteiger partial charge in [0.2, 0.25) is 0 Å². The molecule has 0 aliphatic carbocycles. The molecular weight excluding hydrogens is 208 g/mol. The van der Waals surface area contributed by atoms with Gasteiger partial charge in [0.05, 0.1) is 0 Å². The minimum Gasteiger partial charge on any atom is -0.480 e. The summed E-state index contributed by atoms with van der Waals surface area (Å²) in [6, 6.07) is 0.688. The molecule has 0 saturated heterocycles. The van der Waals surface area contributed by atoms with Gasteiger partial charge in [-0.3, -0.25) is 14.6 Å². The molecule has 1 rings (SSSR count). The molecule has 0 aromatic carbocycles. The molecule has 0 unspecified atom stereocenters. The molecule has 0 fully saturated rings. The van der Waals surface area contributed by atoms with Crippen LogP contribution in [0.4, 0.5) is 0 Å². The van der Waals surface area contributed by atoms with Crippen LogP contribution in [0.25, 0.3) is 0 Å². The smallest absolute Gasteiger partial charge is 0.325 e. The van der Waals surface area contributed by atoms with Gasteiger partial charge >= 0.3 is 5.97 Å². The predicted octanol–water partition coefficient (Wildman–Crippen LogP) is 0.847. The van der Waals surface area contributed by atoms with Crippen LogP contribution in [0.3, 0.4) is 0 Å². The van der Waals surface area contributed by atoms with Gasteiger partial charge in [-0.25, -0.2) is 0 Å². The van der Waals surface area contributed by atoms with E-state index < -0.39 is 12.0 Å². The average molecular weight is 222 g/mol. The van der Waals surface area contributed by atoms with E-state index in [0.717, 1.165) is 5.56 Å². The van der Waals surface area contributed by atoms with Crippen LogP contribution >= 0.6 is 0 Å². The number of carboxylic acids is 1. The van der Waals surface area contributed by atoms with Gasteiger partial charge in [0, 0.05) is 18.0 Å². The van der Waals surface area contributed by atoms with Crippen molar-refractivity contribution in [1.29, 1.82) is 0 Å². The third-order valence-corrected chi connectivity index (χ3v) is 2.25. The zero-order valence-electron chi connectivity index (χ0n) is 9.23. The van der Waals surface area contributed by atoms with Gasteiger partial charge in [0.1, 0.15) is 6.04 Å². The lowest BCUT2D eigenvalue weighted by Gasteiger charge is -2.11. The van der Waals surface area contributed by atoms with Gasteiger partial charge in [0.15, 0.2) is 0 Å². The number of carboxylic acid groups (broad SMARTS) is 1. The lowest BCUT2D eigenvalue weighted by Crippen LogP contribution is -2.38. The molecule has 0 aliphatic heterocycles. The van der Waals surface area contributed by atoms with Gasteiger partial charge < -0.3 is 10.4 Å². The van der Waals surface area contributed by atoms with Gasteiger partial charge in [-0.1, -0.05) is 6.92 Å². The van der Waals surface area contributed by atoms with E-state index in [2.05, 4.69) is 10.3 Å². The lowest BCUT2D eigenvalue weighted by molar-refractivity contribution is -0.138. The Balaban J connectivity index is 2.84. The Morgan fingerprint density at radius 3 is 2.81 bits per heavy atom. The molecule has 1 heterocycles. The van der Waals surface area contributed by atoms with E-state index in [-0.39, 0.29) is 5.91 Å². The first-order valence-corrected chi connectivity index (χ1v) is 5.02. The van der Waals surface area contributed by atoms with Gasteiger partial charge in [-0.15, -0.1) is 0 Å². The lowest BCUT2D eigenvalue weighted by atomic mass is 10.1. The van der Waals surface area contributed by atoms with E-state index in [4.69, 9.17) is 5.11 Å². The monoisotopic (exact) mass is 222 g/mol. The predicted molar refractivity (Wildman–Crippen MR) is 58.2 cm³/mol. The highest BCUT2D eigenvalue weighted by atomic mass is 16.4. The standard InChI is InChI=1S/C11H14N2O3/c1-3-8-6-12-5-4-9(8)10(14)13-7(2)11(15)16/h4-7H,3H2,1-2H3,(H,13,14)(H,15,16)/t7-/m1/s1. The minimum absolute atomic E-state index is 0.380. The van der Waals surface area contributed by atoms with Crippen LogP contribution in [0.5, 0.6) is 0 Å².